The molecular formula is C54H65BrN11O5P. The molecule has 72 heavy (non-hydrogen) atoms. The predicted molar refractivity (Wildman–Crippen MR) is 289 cm³/mol. The molecule has 16 nitrogen and oxygen atoms in total. The molecule has 0 bridgehead atoms. The number of fused-ring (bicyclic) bond motifs is 2. The fourth-order valence-electron chi connectivity index (χ4n) is 11.8. The van der Waals surface area contributed by atoms with Crippen molar-refractivity contribution in [1.82, 2.24) is 39.2 Å². The van der Waals surface area contributed by atoms with Crippen molar-refractivity contribution in [1.29, 1.82) is 0 Å². The zero-order chi connectivity index (χ0) is 49.7. The van der Waals surface area contributed by atoms with Crippen LogP contribution < -0.4 is 36.6 Å². The number of ether oxygens (including phenoxy) is 1. The van der Waals surface area contributed by atoms with Crippen molar-refractivity contribution in [3.63, 3.8) is 0 Å². The Bertz CT molecular complexity index is 3160. The Labute approximate surface area is 428 Å². The average molecular weight is 1060 g/mol. The van der Waals surface area contributed by atoms with E-state index in [0.29, 0.717) is 41.0 Å². The van der Waals surface area contributed by atoms with Gasteiger partial charge in [-0.1, -0.05) is 32.0 Å². The van der Waals surface area contributed by atoms with E-state index in [0.717, 1.165) is 159 Å². The third-order valence-electron chi connectivity index (χ3n) is 15.9. The van der Waals surface area contributed by atoms with Crippen LogP contribution in [0.3, 0.4) is 0 Å². The number of aromatic nitrogens is 5. The van der Waals surface area contributed by atoms with Gasteiger partial charge in [0, 0.05) is 111 Å². The lowest BCUT2D eigenvalue weighted by Crippen LogP contribution is -2.53. The first-order valence-electron chi connectivity index (χ1n) is 26.1. The van der Waals surface area contributed by atoms with Gasteiger partial charge in [-0.15, -0.1) is 0 Å². The van der Waals surface area contributed by atoms with Crippen molar-refractivity contribution in [3.05, 3.63) is 92.6 Å². The van der Waals surface area contributed by atoms with E-state index < -0.39 is 13.2 Å². The number of anilines is 5. The fourth-order valence-corrected chi connectivity index (χ4v) is 15.5. The van der Waals surface area contributed by atoms with Crippen LogP contribution in [0, 0.1) is 0 Å². The predicted octanol–water partition coefficient (Wildman–Crippen LogP) is 8.45. The molecule has 4 aliphatic heterocycles. The van der Waals surface area contributed by atoms with Crippen molar-refractivity contribution in [2.24, 2.45) is 0 Å². The summed E-state index contributed by atoms with van der Waals surface area (Å²) in [6.07, 6.45) is 12.2. The normalized spacial score (nSPS) is 20.1. The molecule has 1 unspecified atom stereocenters. The van der Waals surface area contributed by atoms with Gasteiger partial charge in [-0.05, 0) is 122 Å². The van der Waals surface area contributed by atoms with Gasteiger partial charge in [0.2, 0.25) is 17.8 Å². The highest BCUT2D eigenvalue weighted by Crippen LogP contribution is 2.54. The topological polar surface area (TPSA) is 172 Å². The molecular weight excluding hydrogens is 994 g/mol. The maximum Gasteiger partial charge on any atom is 0.330 e. The van der Waals surface area contributed by atoms with Crippen LogP contribution in [0.5, 0.6) is 5.75 Å². The second-order valence-electron chi connectivity index (χ2n) is 20.3. The average Bonchev–Trinajstić information content (AvgIpc) is 4.06. The summed E-state index contributed by atoms with van der Waals surface area (Å²) in [4.78, 5) is 61.0. The lowest BCUT2D eigenvalue weighted by Gasteiger charge is -2.43. The number of piperazine rings is 1. The van der Waals surface area contributed by atoms with Gasteiger partial charge >= 0.3 is 5.69 Å². The molecule has 1 aliphatic carbocycles. The fraction of sp³-hybridized carbons (Fsp3) is 0.481. The molecule has 3 aromatic heterocycles. The third kappa shape index (κ3) is 9.46. The van der Waals surface area contributed by atoms with Gasteiger partial charge in [0.1, 0.15) is 24.8 Å². The molecule has 1 saturated carbocycles. The van der Waals surface area contributed by atoms with E-state index in [1.807, 2.05) is 34.9 Å². The Balaban J connectivity index is 0.728. The number of benzene rings is 3. The largest absolute Gasteiger partial charge is 0.494 e. The minimum absolute atomic E-state index is 0.139. The minimum atomic E-state index is -2.65. The number of methoxy groups -OCH3 is 1. The molecule has 6 aromatic rings. The lowest BCUT2D eigenvalue weighted by molar-refractivity contribution is -0.135. The van der Waals surface area contributed by atoms with E-state index in [1.54, 1.807) is 17.9 Å². The summed E-state index contributed by atoms with van der Waals surface area (Å²) in [5.41, 5.74) is 8.63. The summed E-state index contributed by atoms with van der Waals surface area (Å²) in [6, 6.07) is 18.6. The molecule has 3 aromatic carbocycles. The number of nitrogens with one attached hydrogen (secondary N) is 3. The summed E-state index contributed by atoms with van der Waals surface area (Å²) in [6.45, 7) is 11.2. The highest BCUT2D eigenvalue weighted by molar-refractivity contribution is 9.10. The van der Waals surface area contributed by atoms with Crippen LogP contribution in [0.2, 0.25) is 0 Å². The number of rotatable bonds is 15. The lowest BCUT2D eigenvalue weighted by atomic mass is 9.99. The van der Waals surface area contributed by atoms with Crippen LogP contribution in [0.25, 0.3) is 21.9 Å². The van der Waals surface area contributed by atoms with E-state index >= 15 is 0 Å². The SMILES string of the molecule is CCc1ccc2c(P3(=O)CCCC3)c(Nc3nc(Nc4cc(CC)c(N5CCC(N6CCN(CCc7cccc8c7n(C7CC7)c(=O)n8C7CCC(=O)NC7=O)CC6)CC5)cc4OC)ncc3Br)ccc2n1. The number of carbonyl (C=O) groups is 2. The number of pyridine rings is 1. The van der Waals surface area contributed by atoms with Crippen molar-refractivity contribution in [2.45, 2.75) is 103 Å². The monoisotopic (exact) mass is 1060 g/mol. The number of piperidine rings is 2. The van der Waals surface area contributed by atoms with Gasteiger partial charge in [-0.3, -0.25) is 33.9 Å². The van der Waals surface area contributed by atoms with E-state index in [-0.39, 0.29) is 30.0 Å². The van der Waals surface area contributed by atoms with Crippen LogP contribution >= 0.6 is 23.1 Å². The Morgan fingerprint density at radius 3 is 2.33 bits per heavy atom. The number of nitrogens with zero attached hydrogens (tertiary/aromatic N) is 8. The van der Waals surface area contributed by atoms with Crippen LogP contribution in [-0.4, -0.2) is 117 Å². The second kappa shape index (κ2) is 20.4. The van der Waals surface area contributed by atoms with Crippen LogP contribution in [0.15, 0.2) is 70.1 Å². The van der Waals surface area contributed by atoms with Crippen molar-refractivity contribution in [2.75, 3.05) is 80.8 Å². The summed E-state index contributed by atoms with van der Waals surface area (Å²) in [5, 5.41) is 11.3. The molecule has 2 amide bonds. The number of carbonyl (C=O) groups excluding carboxylic acids is 2. The second-order valence-corrected chi connectivity index (χ2v) is 24.2. The van der Waals surface area contributed by atoms with Gasteiger partial charge in [0.15, 0.2) is 0 Å². The first-order chi connectivity index (χ1) is 35.0. The zero-order valence-electron chi connectivity index (χ0n) is 41.6. The molecule has 5 aliphatic rings. The van der Waals surface area contributed by atoms with Gasteiger partial charge in [-0.25, -0.2) is 9.78 Å². The number of amides is 2. The first-order valence-corrected chi connectivity index (χ1v) is 29.0. The summed E-state index contributed by atoms with van der Waals surface area (Å²) < 4.78 is 24.9. The number of hydrogen-bond acceptors (Lipinski definition) is 13. The van der Waals surface area contributed by atoms with E-state index in [4.69, 9.17) is 14.7 Å². The number of imide groups is 1. The van der Waals surface area contributed by atoms with Gasteiger partial charge in [0.25, 0.3) is 0 Å². The van der Waals surface area contributed by atoms with Crippen molar-refractivity contribution < 1.29 is 18.9 Å². The standard InChI is InChI=1S/C54H65BrN11O5P/c1-4-34-31-43(59-53-56-33-40(55)51(61-53)58-42-16-15-41-39(14-11-36(5-2)57-41)50(42)72(70)29-6-7-30-72)47(71-3)32-46(34)64-23-20-37(21-24-64)63-27-25-62(26-28-63)22-19-35-9-8-10-44-49(35)65(38-12-13-38)54(69)66(44)45-17-18-48(67)60-52(45)68/h8-11,14-16,31-33,37-38,45H,4-7,12-13,17-30H2,1-3H3,(H,60,67,68)(H2,56,58,59,61). The summed E-state index contributed by atoms with van der Waals surface area (Å²) in [5.74, 6) is 1.04. The summed E-state index contributed by atoms with van der Waals surface area (Å²) in [7, 11) is -0.942. The van der Waals surface area contributed by atoms with Crippen molar-refractivity contribution >= 4 is 91.0 Å². The number of para-hydroxylation sites is 1. The van der Waals surface area contributed by atoms with E-state index in [1.165, 1.54) is 11.3 Å². The highest BCUT2D eigenvalue weighted by atomic mass is 79.9. The quantitative estimate of drug-likeness (QED) is 0.0662. The van der Waals surface area contributed by atoms with Gasteiger partial charge in [-0.2, -0.15) is 4.98 Å². The Morgan fingerprint density at radius 1 is 0.819 bits per heavy atom. The Hall–Kier alpha value is -5.61. The Morgan fingerprint density at radius 2 is 1.61 bits per heavy atom. The number of imidazole rings is 1. The number of hydrogen-bond donors (Lipinski definition) is 3. The van der Waals surface area contributed by atoms with Gasteiger partial charge in [0.05, 0.1) is 39.5 Å². The maximum atomic E-state index is 14.6. The first kappa shape index (κ1) is 48.6. The number of halogens is 1. The highest BCUT2D eigenvalue weighted by Gasteiger charge is 2.37. The number of aryl methyl sites for hydroxylation is 2. The third-order valence-corrected chi connectivity index (χ3v) is 19.8. The van der Waals surface area contributed by atoms with Crippen LogP contribution in [-0.2, 0) is 33.4 Å². The molecule has 0 spiro atoms. The van der Waals surface area contributed by atoms with Gasteiger partial charge < -0.3 is 29.7 Å². The molecule has 0 radical (unpaired) electrons. The molecule has 378 valence electrons. The van der Waals surface area contributed by atoms with Crippen molar-refractivity contribution in [3.8, 4) is 5.75 Å². The molecule has 7 heterocycles. The minimum Gasteiger partial charge on any atom is -0.494 e. The van der Waals surface area contributed by atoms with Crippen LogP contribution in [0.1, 0.15) is 94.1 Å². The molecule has 11 rings (SSSR count). The Kier molecular flexibility index (Phi) is 13.8. The zero-order valence-corrected chi connectivity index (χ0v) is 44.1. The molecule has 3 N–H and O–H groups in total. The smallest absolute Gasteiger partial charge is 0.330 e. The molecule has 18 heteroatoms. The van der Waals surface area contributed by atoms with E-state index in [9.17, 15) is 18.9 Å². The molecule has 4 saturated heterocycles. The summed E-state index contributed by atoms with van der Waals surface area (Å²) >= 11 is 3.69. The maximum absolute atomic E-state index is 14.6. The molecule has 5 fully saturated rings. The van der Waals surface area contributed by atoms with E-state index in [2.05, 4.69) is 89.7 Å². The molecule has 1 atom stereocenters. The van der Waals surface area contributed by atoms with Crippen LogP contribution in [0.4, 0.5) is 28.8 Å².